The number of hydrogen-bond acceptors (Lipinski definition) is 1. The van der Waals surface area contributed by atoms with E-state index >= 15 is 0 Å². The fraction of sp³-hybridized carbons (Fsp3) is 0. The molecule has 0 atom stereocenters. The summed E-state index contributed by atoms with van der Waals surface area (Å²) in [5.74, 6) is 0. The minimum atomic E-state index is -4.64. The van der Waals surface area contributed by atoms with Crippen LogP contribution in [-0.4, -0.2) is 14.7 Å². The van der Waals surface area contributed by atoms with Crippen LogP contribution in [0.5, 0.6) is 0 Å². The molecule has 0 saturated carbocycles. The Morgan fingerprint density at radius 3 is 0.889 bits per heavy atom. The van der Waals surface area contributed by atoms with Gasteiger partial charge in [0.05, 0.1) is 0 Å². The van der Waals surface area contributed by atoms with Crippen LogP contribution >= 0.6 is 7.82 Å². The Labute approximate surface area is 61.6 Å². The van der Waals surface area contributed by atoms with E-state index in [2.05, 4.69) is 0 Å². The van der Waals surface area contributed by atoms with Crippen LogP contribution in [0.15, 0.2) is 0 Å². The van der Waals surface area contributed by atoms with Gasteiger partial charge < -0.3 is 31.1 Å². The summed E-state index contributed by atoms with van der Waals surface area (Å²) in [6.45, 7) is 0. The van der Waals surface area contributed by atoms with Gasteiger partial charge in [0.25, 0.3) is 0 Å². The monoisotopic (exact) mass is 198 g/mol. The Kier molecular flexibility index (Phi) is 42.6. The van der Waals surface area contributed by atoms with Crippen molar-refractivity contribution in [2.75, 3.05) is 0 Å². The Morgan fingerprint density at radius 2 is 0.889 bits per heavy atom. The van der Waals surface area contributed by atoms with Gasteiger partial charge in [0.15, 0.2) is 0 Å². The molecule has 9 heavy (non-hydrogen) atoms. The fourth-order valence-electron chi connectivity index (χ4n) is 0. The smallest absolute Gasteiger partial charge is 2.00 e. The molecule has 0 saturated heterocycles. The third kappa shape index (κ3) is 1330. The average molecular weight is 198 g/mol. The second-order valence-electron chi connectivity index (χ2n) is 0.513. The molecule has 0 rings (SSSR count). The van der Waals surface area contributed by atoms with Crippen LogP contribution in [0.1, 0.15) is 0 Å². The van der Waals surface area contributed by atoms with E-state index in [9.17, 15) is 0 Å². The van der Waals surface area contributed by atoms with Crippen molar-refractivity contribution < 1.29 is 53.0 Å². The van der Waals surface area contributed by atoms with Crippen LogP contribution in [0, 0.1) is 0 Å². The van der Waals surface area contributed by atoms with Gasteiger partial charge in [-0.3, -0.25) is 0 Å². The summed E-state index contributed by atoms with van der Waals surface area (Å²) in [4.78, 5) is 21.6. The first-order chi connectivity index (χ1) is 2.00. The standard InChI is InChI=1S/Cr.H3O4P.3O/c;1-5(2,3)4;;;/h;(H3,1,2,3,4);;;/q+6;;3*-2. The Hall–Kier alpha value is 0.522. The number of hydrogen-bond donors (Lipinski definition) is 3. The minimum Gasteiger partial charge on any atom is -2.00 e. The summed E-state index contributed by atoms with van der Waals surface area (Å²) in [5, 5.41) is 0. The fourth-order valence-corrected chi connectivity index (χ4v) is 0. The van der Waals surface area contributed by atoms with Gasteiger partial charge in [-0.25, -0.2) is 4.57 Å². The van der Waals surface area contributed by atoms with E-state index in [0.717, 1.165) is 0 Å². The maximum Gasteiger partial charge on any atom is 6.00 e. The molecule has 3 N–H and O–H groups in total. The van der Waals surface area contributed by atoms with Crippen molar-refractivity contribution >= 4 is 7.82 Å². The van der Waals surface area contributed by atoms with Crippen molar-refractivity contribution in [1.82, 2.24) is 0 Å². The van der Waals surface area contributed by atoms with Gasteiger partial charge in [-0.1, -0.05) is 0 Å². The van der Waals surface area contributed by atoms with E-state index in [4.69, 9.17) is 19.2 Å². The SMILES string of the molecule is O=P(O)(O)O.[Cr+6].[O-2].[O-2].[O-2]. The summed E-state index contributed by atoms with van der Waals surface area (Å²) >= 11 is 0. The van der Waals surface area contributed by atoms with Gasteiger partial charge in [0.2, 0.25) is 0 Å². The van der Waals surface area contributed by atoms with E-state index in [0.29, 0.717) is 0 Å². The van der Waals surface area contributed by atoms with Gasteiger partial charge >= 0.3 is 25.2 Å². The summed E-state index contributed by atoms with van der Waals surface area (Å²) in [6.07, 6.45) is 0. The third-order valence-electron chi connectivity index (χ3n) is 0. The first-order valence-corrected chi connectivity index (χ1v) is 2.35. The number of rotatable bonds is 0. The molecule has 0 heterocycles. The van der Waals surface area contributed by atoms with Crippen LogP contribution in [0.2, 0.25) is 0 Å². The molecule has 0 aromatic heterocycles. The maximum absolute atomic E-state index is 8.88. The topological polar surface area (TPSA) is 163 Å². The summed E-state index contributed by atoms with van der Waals surface area (Å²) in [6, 6.07) is 0. The van der Waals surface area contributed by atoms with Crippen LogP contribution in [0.25, 0.3) is 0 Å². The Balaban J connectivity index is -0.0000000133. The van der Waals surface area contributed by atoms with E-state index in [1.807, 2.05) is 0 Å². The van der Waals surface area contributed by atoms with E-state index in [1.54, 1.807) is 0 Å². The molecule has 7 nitrogen and oxygen atoms in total. The molecule has 0 aromatic rings. The van der Waals surface area contributed by atoms with Crippen LogP contribution < -0.4 is 0 Å². The average Bonchev–Trinajstić information content (AvgIpc) is 0.722. The van der Waals surface area contributed by atoms with Crippen LogP contribution in [0.3, 0.4) is 0 Å². The molecule has 0 bridgehead atoms. The second kappa shape index (κ2) is 11.3. The van der Waals surface area contributed by atoms with Crippen molar-refractivity contribution in [3.63, 3.8) is 0 Å². The van der Waals surface area contributed by atoms with Crippen molar-refractivity contribution in [1.29, 1.82) is 0 Å². The van der Waals surface area contributed by atoms with Crippen molar-refractivity contribution in [3.8, 4) is 0 Å². The Bertz CT molecular complexity index is 55.1. The molecule has 0 aliphatic carbocycles. The van der Waals surface area contributed by atoms with Gasteiger partial charge in [-0.05, 0) is 0 Å². The molecular formula is H3CrO7P. The zero-order valence-corrected chi connectivity index (χ0v) is 6.00. The minimum absolute atomic E-state index is 0. The first-order valence-electron chi connectivity index (χ1n) is 0.783. The molecule has 0 aliphatic rings. The Morgan fingerprint density at radius 1 is 0.889 bits per heavy atom. The largest absolute Gasteiger partial charge is 6.00 e. The molecule has 0 spiro atoms. The van der Waals surface area contributed by atoms with Gasteiger partial charge in [0.1, 0.15) is 0 Å². The van der Waals surface area contributed by atoms with Gasteiger partial charge in [-0.2, -0.15) is 0 Å². The molecule has 0 aliphatic heterocycles. The molecule has 0 fully saturated rings. The molecular weight excluding hydrogens is 195 g/mol. The second-order valence-corrected chi connectivity index (χ2v) is 1.54. The van der Waals surface area contributed by atoms with E-state index in [1.165, 1.54) is 0 Å². The van der Waals surface area contributed by atoms with Gasteiger partial charge in [-0.15, -0.1) is 0 Å². The van der Waals surface area contributed by atoms with Crippen molar-refractivity contribution in [2.45, 2.75) is 0 Å². The van der Waals surface area contributed by atoms with Crippen LogP contribution in [-0.2, 0) is 38.4 Å². The quantitative estimate of drug-likeness (QED) is 0.412. The molecule has 0 unspecified atom stereocenters. The maximum atomic E-state index is 8.88. The predicted octanol–water partition coefficient (Wildman–Crippen LogP) is -1.29. The molecule has 56 valence electrons. The van der Waals surface area contributed by atoms with E-state index in [-0.39, 0.29) is 33.8 Å². The summed E-state index contributed by atoms with van der Waals surface area (Å²) in [7, 11) is -4.64. The normalized spacial score (nSPS) is 6.56. The van der Waals surface area contributed by atoms with Crippen molar-refractivity contribution in [2.24, 2.45) is 0 Å². The zero-order valence-electron chi connectivity index (χ0n) is 3.83. The molecule has 0 amide bonds. The molecule has 0 radical (unpaired) electrons. The zero-order chi connectivity index (χ0) is 4.50. The molecule has 9 heteroatoms. The summed E-state index contributed by atoms with van der Waals surface area (Å²) < 4.78 is 8.88. The third-order valence-corrected chi connectivity index (χ3v) is 0. The van der Waals surface area contributed by atoms with E-state index < -0.39 is 7.82 Å². The first kappa shape index (κ1) is 33.8. The van der Waals surface area contributed by atoms with Gasteiger partial charge in [0, 0.05) is 0 Å². The molecule has 0 aromatic carbocycles. The van der Waals surface area contributed by atoms with Crippen molar-refractivity contribution in [3.05, 3.63) is 0 Å². The predicted molar refractivity (Wildman–Crippen MR) is 16.3 cm³/mol. The number of phosphoric acid groups is 1. The van der Waals surface area contributed by atoms with Crippen LogP contribution in [0.4, 0.5) is 0 Å². The summed E-state index contributed by atoms with van der Waals surface area (Å²) in [5.41, 5.74) is 0.